The molecule has 0 aliphatic rings. The molecule has 1 heterocycles. The predicted octanol–water partition coefficient (Wildman–Crippen LogP) is 1.91. The van der Waals surface area contributed by atoms with Gasteiger partial charge in [0, 0.05) is 24.8 Å². The Balaban J connectivity index is 2.13. The summed E-state index contributed by atoms with van der Waals surface area (Å²) in [5, 5.41) is 3.90. The Morgan fingerprint density at radius 1 is 1.37 bits per heavy atom. The van der Waals surface area contributed by atoms with Crippen molar-refractivity contribution in [3.05, 3.63) is 24.0 Å². The Hall–Kier alpha value is -2.08. The van der Waals surface area contributed by atoms with E-state index in [4.69, 9.17) is 19.7 Å². The summed E-state index contributed by atoms with van der Waals surface area (Å²) >= 11 is 0. The summed E-state index contributed by atoms with van der Waals surface area (Å²) in [5.41, 5.74) is 7.17. The van der Waals surface area contributed by atoms with Crippen molar-refractivity contribution in [2.45, 2.75) is 13.3 Å². The van der Waals surface area contributed by atoms with E-state index >= 15 is 0 Å². The molecule has 6 nitrogen and oxygen atoms in total. The zero-order valence-corrected chi connectivity index (χ0v) is 11.0. The summed E-state index contributed by atoms with van der Waals surface area (Å²) in [6, 6.07) is 5.32. The second kappa shape index (κ2) is 6.19. The predicted molar refractivity (Wildman–Crippen MR) is 70.9 cm³/mol. The summed E-state index contributed by atoms with van der Waals surface area (Å²) in [5.74, 6) is 1.71. The molecule has 0 spiro atoms. The standard InChI is InChI=1S/C13H17N3O3/c1-3-18-7-6-12-15-13(19-16-12)10-5-4-9(17-2)8-11(10)14/h4-5,8H,3,6-7,14H2,1-2H3. The molecule has 1 aromatic heterocycles. The average Bonchev–Trinajstić information content (AvgIpc) is 2.87. The molecule has 0 atom stereocenters. The van der Waals surface area contributed by atoms with Crippen molar-refractivity contribution in [3.8, 4) is 17.2 Å². The summed E-state index contributed by atoms with van der Waals surface area (Å²) in [6.07, 6.45) is 0.618. The topological polar surface area (TPSA) is 83.4 Å². The van der Waals surface area contributed by atoms with E-state index in [1.165, 1.54) is 0 Å². The molecule has 0 aliphatic carbocycles. The molecular weight excluding hydrogens is 246 g/mol. The highest BCUT2D eigenvalue weighted by Gasteiger charge is 2.12. The molecule has 2 N–H and O–H groups in total. The number of rotatable bonds is 6. The molecule has 0 saturated carbocycles. The molecule has 0 saturated heterocycles. The molecule has 0 amide bonds. The zero-order chi connectivity index (χ0) is 13.7. The first kappa shape index (κ1) is 13.4. The molecule has 0 unspecified atom stereocenters. The average molecular weight is 263 g/mol. The van der Waals surface area contributed by atoms with Crippen LogP contribution in [0.5, 0.6) is 5.75 Å². The first-order chi connectivity index (χ1) is 9.24. The van der Waals surface area contributed by atoms with Gasteiger partial charge < -0.3 is 19.7 Å². The number of ether oxygens (including phenoxy) is 2. The molecule has 2 rings (SSSR count). The van der Waals surface area contributed by atoms with Gasteiger partial charge in [-0.1, -0.05) is 5.16 Å². The molecule has 0 radical (unpaired) electrons. The summed E-state index contributed by atoms with van der Waals surface area (Å²) in [7, 11) is 1.59. The second-order valence-electron chi connectivity index (χ2n) is 3.92. The van der Waals surface area contributed by atoms with Gasteiger partial charge in [0.1, 0.15) is 5.75 Å². The molecule has 0 fully saturated rings. The van der Waals surface area contributed by atoms with Gasteiger partial charge in [0.25, 0.3) is 5.89 Å². The third kappa shape index (κ3) is 3.23. The Morgan fingerprint density at radius 2 is 2.21 bits per heavy atom. The lowest BCUT2D eigenvalue weighted by atomic mass is 10.1. The smallest absolute Gasteiger partial charge is 0.260 e. The lowest BCUT2D eigenvalue weighted by molar-refractivity contribution is 0.149. The van der Waals surface area contributed by atoms with Crippen LogP contribution < -0.4 is 10.5 Å². The molecule has 1 aromatic carbocycles. The van der Waals surface area contributed by atoms with Gasteiger partial charge >= 0.3 is 0 Å². The number of anilines is 1. The normalized spacial score (nSPS) is 10.6. The van der Waals surface area contributed by atoms with Gasteiger partial charge in [0.15, 0.2) is 5.82 Å². The lowest BCUT2D eigenvalue weighted by Gasteiger charge is -2.03. The highest BCUT2D eigenvalue weighted by molar-refractivity contribution is 5.71. The van der Waals surface area contributed by atoms with E-state index in [1.807, 2.05) is 6.92 Å². The first-order valence-corrected chi connectivity index (χ1v) is 6.08. The maximum absolute atomic E-state index is 5.93. The SMILES string of the molecule is CCOCCc1noc(-c2ccc(OC)cc2N)n1. The number of hydrogen-bond donors (Lipinski definition) is 1. The van der Waals surface area contributed by atoms with Crippen molar-refractivity contribution in [1.29, 1.82) is 0 Å². The van der Waals surface area contributed by atoms with Gasteiger partial charge in [-0.3, -0.25) is 0 Å². The molecular formula is C13H17N3O3. The van der Waals surface area contributed by atoms with Crippen molar-refractivity contribution in [1.82, 2.24) is 10.1 Å². The van der Waals surface area contributed by atoms with Crippen LogP contribution in [0.1, 0.15) is 12.7 Å². The number of methoxy groups -OCH3 is 1. The van der Waals surface area contributed by atoms with Crippen molar-refractivity contribution in [2.24, 2.45) is 0 Å². The van der Waals surface area contributed by atoms with Gasteiger partial charge in [-0.25, -0.2) is 0 Å². The Bertz CT molecular complexity index is 540. The number of nitrogens with two attached hydrogens (primary N) is 1. The van der Waals surface area contributed by atoms with Gasteiger partial charge in [-0.2, -0.15) is 4.98 Å². The van der Waals surface area contributed by atoms with E-state index < -0.39 is 0 Å². The fourth-order valence-electron chi connectivity index (χ4n) is 1.64. The van der Waals surface area contributed by atoms with Gasteiger partial charge in [-0.15, -0.1) is 0 Å². The van der Waals surface area contributed by atoms with Crippen molar-refractivity contribution in [2.75, 3.05) is 26.1 Å². The van der Waals surface area contributed by atoms with Crippen LogP contribution in [0.15, 0.2) is 22.7 Å². The lowest BCUT2D eigenvalue weighted by Crippen LogP contribution is -1.99. The number of hydrogen-bond acceptors (Lipinski definition) is 6. The molecule has 0 bridgehead atoms. The minimum atomic E-state index is 0.409. The van der Waals surface area contributed by atoms with E-state index in [2.05, 4.69) is 10.1 Å². The number of benzene rings is 1. The molecule has 102 valence electrons. The van der Waals surface area contributed by atoms with Gasteiger partial charge in [-0.05, 0) is 19.1 Å². The third-order valence-corrected chi connectivity index (χ3v) is 2.63. The first-order valence-electron chi connectivity index (χ1n) is 6.08. The monoisotopic (exact) mass is 263 g/mol. The van der Waals surface area contributed by atoms with Crippen LogP contribution in [0.2, 0.25) is 0 Å². The second-order valence-corrected chi connectivity index (χ2v) is 3.92. The third-order valence-electron chi connectivity index (χ3n) is 2.63. The zero-order valence-electron chi connectivity index (χ0n) is 11.0. The highest BCUT2D eigenvalue weighted by atomic mass is 16.5. The molecule has 19 heavy (non-hydrogen) atoms. The van der Waals surface area contributed by atoms with E-state index in [0.717, 1.165) is 0 Å². The van der Waals surface area contributed by atoms with Crippen LogP contribution >= 0.6 is 0 Å². The minimum absolute atomic E-state index is 0.409. The maximum atomic E-state index is 5.93. The van der Waals surface area contributed by atoms with E-state index in [0.29, 0.717) is 48.4 Å². The van der Waals surface area contributed by atoms with Crippen LogP contribution in [-0.4, -0.2) is 30.5 Å². The van der Waals surface area contributed by atoms with E-state index in [-0.39, 0.29) is 0 Å². The van der Waals surface area contributed by atoms with Crippen molar-refractivity contribution >= 4 is 5.69 Å². The number of aromatic nitrogens is 2. The summed E-state index contributed by atoms with van der Waals surface area (Å²) in [4.78, 5) is 4.29. The van der Waals surface area contributed by atoms with Crippen molar-refractivity contribution in [3.63, 3.8) is 0 Å². The van der Waals surface area contributed by atoms with Gasteiger partial charge in [0.2, 0.25) is 0 Å². The number of nitrogens with zero attached hydrogens (tertiary/aromatic N) is 2. The maximum Gasteiger partial charge on any atom is 0.260 e. The van der Waals surface area contributed by atoms with Crippen molar-refractivity contribution < 1.29 is 14.0 Å². The van der Waals surface area contributed by atoms with E-state index in [9.17, 15) is 0 Å². The van der Waals surface area contributed by atoms with Crippen LogP contribution in [0.3, 0.4) is 0 Å². The van der Waals surface area contributed by atoms with Crippen LogP contribution in [-0.2, 0) is 11.2 Å². The van der Waals surface area contributed by atoms with Gasteiger partial charge in [0.05, 0.1) is 19.3 Å². The number of nitrogen functional groups attached to an aromatic ring is 1. The summed E-state index contributed by atoms with van der Waals surface area (Å²) < 4.78 is 15.5. The van der Waals surface area contributed by atoms with Crippen LogP contribution in [0, 0.1) is 0 Å². The molecule has 2 aromatic rings. The van der Waals surface area contributed by atoms with Crippen LogP contribution in [0.25, 0.3) is 11.5 Å². The Labute approximate surface area is 111 Å². The van der Waals surface area contributed by atoms with Crippen LogP contribution in [0.4, 0.5) is 5.69 Å². The Morgan fingerprint density at radius 3 is 2.89 bits per heavy atom. The highest BCUT2D eigenvalue weighted by Crippen LogP contribution is 2.28. The van der Waals surface area contributed by atoms with E-state index in [1.54, 1.807) is 25.3 Å². The molecule has 6 heteroatoms. The fourth-order valence-corrected chi connectivity index (χ4v) is 1.64. The summed E-state index contributed by atoms with van der Waals surface area (Å²) in [6.45, 7) is 3.20. The minimum Gasteiger partial charge on any atom is -0.497 e. The fraction of sp³-hybridized carbons (Fsp3) is 0.385. The quantitative estimate of drug-likeness (QED) is 0.633. The largest absolute Gasteiger partial charge is 0.497 e. The Kier molecular flexibility index (Phi) is 4.35. The molecule has 0 aliphatic heterocycles.